The first-order valence-corrected chi connectivity index (χ1v) is 6.89. The number of carbonyl (C=O) groups excluding carboxylic acids is 2. The van der Waals surface area contributed by atoms with Crippen LogP contribution in [0.25, 0.3) is 0 Å². The lowest BCUT2D eigenvalue weighted by Gasteiger charge is -2.15. The standard InChI is InChI=1S/C16H21NO4/c1-3-11-20-12-13-21-15-8-6-14(7-9-15)17(2)16(19)5-4-10-18/h4-10H,3,11-13H2,1-2H3/b5-4-. The Morgan fingerprint density at radius 1 is 1.19 bits per heavy atom. The molecular weight excluding hydrogens is 270 g/mol. The number of benzene rings is 1. The highest BCUT2D eigenvalue weighted by Crippen LogP contribution is 2.18. The number of anilines is 1. The van der Waals surface area contributed by atoms with Crippen LogP contribution in [0.2, 0.25) is 0 Å². The Morgan fingerprint density at radius 2 is 1.90 bits per heavy atom. The molecule has 0 saturated carbocycles. The summed E-state index contributed by atoms with van der Waals surface area (Å²) in [5.74, 6) is 0.465. The molecule has 0 aliphatic rings. The van der Waals surface area contributed by atoms with Gasteiger partial charge < -0.3 is 14.4 Å². The summed E-state index contributed by atoms with van der Waals surface area (Å²) >= 11 is 0. The predicted octanol–water partition coefficient (Wildman–Crippen LogP) is 2.21. The van der Waals surface area contributed by atoms with Gasteiger partial charge in [0, 0.05) is 25.4 Å². The summed E-state index contributed by atoms with van der Waals surface area (Å²) in [7, 11) is 1.64. The van der Waals surface area contributed by atoms with Gasteiger partial charge in [0.25, 0.3) is 5.91 Å². The SMILES string of the molecule is CCCOCCOc1ccc(N(C)C(=O)/C=C\C=O)cc1. The summed E-state index contributed by atoms with van der Waals surface area (Å²) in [5.41, 5.74) is 0.727. The van der Waals surface area contributed by atoms with Gasteiger partial charge in [0.05, 0.1) is 6.61 Å². The quantitative estimate of drug-likeness (QED) is 0.398. The topological polar surface area (TPSA) is 55.8 Å². The van der Waals surface area contributed by atoms with Gasteiger partial charge in [0.1, 0.15) is 18.6 Å². The molecule has 1 amide bonds. The molecule has 0 unspecified atom stereocenters. The van der Waals surface area contributed by atoms with E-state index in [2.05, 4.69) is 6.92 Å². The lowest BCUT2D eigenvalue weighted by Crippen LogP contribution is -2.23. The van der Waals surface area contributed by atoms with Crippen molar-refractivity contribution in [3.63, 3.8) is 0 Å². The van der Waals surface area contributed by atoms with E-state index in [-0.39, 0.29) is 5.91 Å². The van der Waals surface area contributed by atoms with Gasteiger partial charge in [-0.15, -0.1) is 0 Å². The molecule has 0 bridgehead atoms. The summed E-state index contributed by atoms with van der Waals surface area (Å²) in [6, 6.07) is 7.16. The van der Waals surface area contributed by atoms with Crippen LogP contribution in [0.5, 0.6) is 5.75 Å². The van der Waals surface area contributed by atoms with Crippen LogP contribution in [0.15, 0.2) is 36.4 Å². The zero-order valence-electron chi connectivity index (χ0n) is 12.5. The third kappa shape index (κ3) is 6.23. The number of hydrogen-bond acceptors (Lipinski definition) is 4. The van der Waals surface area contributed by atoms with Crippen molar-refractivity contribution in [2.75, 3.05) is 31.8 Å². The summed E-state index contributed by atoms with van der Waals surface area (Å²) < 4.78 is 10.8. The van der Waals surface area contributed by atoms with Crippen LogP contribution in [0.4, 0.5) is 5.69 Å². The number of amides is 1. The molecule has 0 N–H and O–H groups in total. The van der Waals surface area contributed by atoms with Gasteiger partial charge in [-0.3, -0.25) is 9.59 Å². The lowest BCUT2D eigenvalue weighted by molar-refractivity contribution is -0.114. The number of rotatable bonds is 9. The van der Waals surface area contributed by atoms with Crippen molar-refractivity contribution in [2.24, 2.45) is 0 Å². The van der Waals surface area contributed by atoms with E-state index >= 15 is 0 Å². The first-order chi connectivity index (χ1) is 10.2. The number of ether oxygens (including phenoxy) is 2. The van der Waals surface area contributed by atoms with Gasteiger partial charge in [-0.05, 0) is 36.8 Å². The molecule has 0 aliphatic carbocycles. The Hall–Kier alpha value is -2.14. The first-order valence-electron chi connectivity index (χ1n) is 6.89. The Morgan fingerprint density at radius 3 is 2.52 bits per heavy atom. The Kier molecular flexibility index (Phi) is 7.82. The number of allylic oxidation sites excluding steroid dienone is 1. The monoisotopic (exact) mass is 291 g/mol. The molecule has 1 aromatic rings. The van der Waals surface area contributed by atoms with E-state index in [0.29, 0.717) is 19.5 Å². The number of likely N-dealkylation sites (N-methyl/N-ethyl adjacent to an activating group) is 1. The maximum Gasteiger partial charge on any atom is 0.250 e. The molecule has 0 atom stereocenters. The second-order valence-electron chi connectivity index (χ2n) is 4.35. The molecule has 114 valence electrons. The minimum Gasteiger partial charge on any atom is -0.491 e. The molecule has 1 aromatic carbocycles. The molecule has 0 aromatic heterocycles. The molecule has 21 heavy (non-hydrogen) atoms. The average molecular weight is 291 g/mol. The highest BCUT2D eigenvalue weighted by atomic mass is 16.5. The summed E-state index contributed by atoms with van der Waals surface area (Å²) in [6.07, 6.45) is 3.96. The van der Waals surface area contributed by atoms with Crippen molar-refractivity contribution in [2.45, 2.75) is 13.3 Å². The van der Waals surface area contributed by atoms with E-state index in [0.717, 1.165) is 24.5 Å². The lowest BCUT2D eigenvalue weighted by atomic mass is 10.2. The van der Waals surface area contributed by atoms with Crippen molar-refractivity contribution >= 4 is 17.9 Å². The predicted molar refractivity (Wildman–Crippen MR) is 81.7 cm³/mol. The molecule has 0 spiro atoms. The van der Waals surface area contributed by atoms with Gasteiger partial charge in [-0.1, -0.05) is 6.92 Å². The zero-order valence-corrected chi connectivity index (χ0v) is 12.5. The van der Waals surface area contributed by atoms with Gasteiger partial charge in [-0.25, -0.2) is 0 Å². The fourth-order valence-electron chi connectivity index (χ4n) is 1.59. The Labute approximate surface area is 125 Å². The average Bonchev–Trinajstić information content (AvgIpc) is 2.52. The molecule has 0 radical (unpaired) electrons. The second-order valence-corrected chi connectivity index (χ2v) is 4.35. The van der Waals surface area contributed by atoms with Crippen molar-refractivity contribution < 1.29 is 19.1 Å². The molecule has 1 rings (SSSR count). The minimum atomic E-state index is -0.260. The fraction of sp³-hybridized carbons (Fsp3) is 0.375. The Bertz CT molecular complexity index is 468. The van der Waals surface area contributed by atoms with Crippen molar-refractivity contribution in [3.05, 3.63) is 36.4 Å². The van der Waals surface area contributed by atoms with Gasteiger partial charge in [-0.2, -0.15) is 0 Å². The maximum atomic E-state index is 11.7. The van der Waals surface area contributed by atoms with Crippen LogP contribution in [0.1, 0.15) is 13.3 Å². The van der Waals surface area contributed by atoms with E-state index in [1.807, 2.05) is 0 Å². The number of nitrogens with zero attached hydrogens (tertiary/aromatic N) is 1. The van der Waals surface area contributed by atoms with Crippen LogP contribution >= 0.6 is 0 Å². The molecule has 5 heteroatoms. The highest BCUT2D eigenvalue weighted by molar-refractivity contribution is 6.02. The molecule has 0 heterocycles. The third-order valence-corrected chi connectivity index (χ3v) is 2.72. The van der Waals surface area contributed by atoms with Crippen LogP contribution < -0.4 is 9.64 Å². The summed E-state index contributed by atoms with van der Waals surface area (Å²) in [4.78, 5) is 23.3. The first kappa shape index (κ1) is 16.9. The third-order valence-electron chi connectivity index (χ3n) is 2.72. The molecule has 0 aliphatic heterocycles. The largest absolute Gasteiger partial charge is 0.491 e. The van der Waals surface area contributed by atoms with Crippen molar-refractivity contribution in [1.29, 1.82) is 0 Å². The van der Waals surface area contributed by atoms with E-state index in [1.54, 1.807) is 31.3 Å². The van der Waals surface area contributed by atoms with E-state index in [4.69, 9.17) is 9.47 Å². The Balaban J connectivity index is 2.47. The van der Waals surface area contributed by atoms with Crippen LogP contribution in [-0.4, -0.2) is 39.1 Å². The number of carbonyl (C=O) groups is 2. The van der Waals surface area contributed by atoms with Crippen LogP contribution in [0, 0.1) is 0 Å². The molecule has 0 saturated heterocycles. The summed E-state index contributed by atoms with van der Waals surface area (Å²) in [6.45, 7) is 3.85. The van der Waals surface area contributed by atoms with Crippen molar-refractivity contribution in [3.8, 4) is 5.75 Å². The molecule has 0 fully saturated rings. The van der Waals surface area contributed by atoms with Gasteiger partial charge in [0.15, 0.2) is 0 Å². The van der Waals surface area contributed by atoms with E-state index in [1.165, 1.54) is 17.1 Å². The zero-order chi connectivity index (χ0) is 15.5. The minimum absolute atomic E-state index is 0.260. The van der Waals surface area contributed by atoms with Crippen molar-refractivity contribution in [1.82, 2.24) is 0 Å². The second kappa shape index (κ2) is 9.72. The van der Waals surface area contributed by atoms with Gasteiger partial charge >= 0.3 is 0 Å². The highest BCUT2D eigenvalue weighted by Gasteiger charge is 2.07. The van der Waals surface area contributed by atoms with Gasteiger partial charge in [0.2, 0.25) is 0 Å². The smallest absolute Gasteiger partial charge is 0.250 e. The number of aldehydes is 1. The van der Waals surface area contributed by atoms with E-state index in [9.17, 15) is 9.59 Å². The number of hydrogen-bond donors (Lipinski definition) is 0. The summed E-state index contributed by atoms with van der Waals surface area (Å²) in [5, 5.41) is 0. The van der Waals surface area contributed by atoms with Crippen LogP contribution in [-0.2, 0) is 14.3 Å². The molecule has 5 nitrogen and oxygen atoms in total. The maximum absolute atomic E-state index is 11.7. The molecular formula is C16H21NO4. The normalized spacial score (nSPS) is 10.6. The van der Waals surface area contributed by atoms with Crippen LogP contribution in [0.3, 0.4) is 0 Å². The fourth-order valence-corrected chi connectivity index (χ4v) is 1.59. The van der Waals surface area contributed by atoms with E-state index < -0.39 is 0 Å².